The number of fused-ring (bicyclic) bond motifs is 1. The summed E-state index contributed by atoms with van der Waals surface area (Å²) in [6, 6.07) is 13.9. The van der Waals surface area contributed by atoms with Crippen molar-refractivity contribution in [3.05, 3.63) is 71.7 Å². The van der Waals surface area contributed by atoms with Gasteiger partial charge in [0.1, 0.15) is 5.65 Å². The van der Waals surface area contributed by atoms with Crippen LogP contribution in [0.4, 0.5) is 13.2 Å². The highest BCUT2D eigenvalue weighted by Gasteiger charge is 2.48. The van der Waals surface area contributed by atoms with Gasteiger partial charge in [-0.15, -0.1) is 0 Å². The van der Waals surface area contributed by atoms with E-state index < -0.39 is 11.9 Å². The van der Waals surface area contributed by atoms with E-state index in [1.165, 1.54) is 9.96 Å². The van der Waals surface area contributed by atoms with Crippen LogP contribution in [0, 0.1) is 5.92 Å². The number of aromatic nitrogens is 2. The van der Waals surface area contributed by atoms with Gasteiger partial charge in [0.05, 0.1) is 0 Å². The van der Waals surface area contributed by atoms with E-state index in [1.807, 2.05) is 24.3 Å². The number of halogens is 3. The van der Waals surface area contributed by atoms with E-state index in [2.05, 4.69) is 24.0 Å². The number of pyridine rings is 1. The quantitative estimate of drug-likeness (QED) is 0.659. The number of rotatable bonds is 2. The van der Waals surface area contributed by atoms with Gasteiger partial charge < -0.3 is 4.40 Å². The molecule has 0 amide bonds. The summed E-state index contributed by atoms with van der Waals surface area (Å²) in [5.41, 5.74) is 1.83. The monoisotopic (exact) mass is 316 g/mol. The van der Waals surface area contributed by atoms with Crippen molar-refractivity contribution < 1.29 is 13.2 Å². The second-order valence-corrected chi connectivity index (χ2v) is 6.17. The van der Waals surface area contributed by atoms with E-state index >= 15 is 0 Å². The van der Waals surface area contributed by atoms with Crippen molar-refractivity contribution in [1.29, 1.82) is 0 Å². The molecule has 4 rings (SSSR count). The first-order valence-electron chi connectivity index (χ1n) is 7.56. The van der Waals surface area contributed by atoms with Gasteiger partial charge in [0.2, 0.25) is 0 Å². The van der Waals surface area contributed by atoms with Gasteiger partial charge in [-0.1, -0.05) is 37.3 Å². The summed E-state index contributed by atoms with van der Waals surface area (Å²) in [4.78, 5) is 3.72. The van der Waals surface area contributed by atoms with Gasteiger partial charge in [0, 0.05) is 12.4 Å². The Bertz CT molecular complexity index is 852. The fourth-order valence-corrected chi connectivity index (χ4v) is 3.50. The summed E-state index contributed by atoms with van der Waals surface area (Å²) in [6.45, 7) is 2.18. The molecule has 1 aromatic carbocycles. The highest BCUT2D eigenvalue weighted by atomic mass is 19.4. The van der Waals surface area contributed by atoms with E-state index in [1.54, 1.807) is 12.3 Å². The van der Waals surface area contributed by atoms with E-state index in [9.17, 15) is 13.2 Å². The molecule has 2 heterocycles. The van der Waals surface area contributed by atoms with Crippen LogP contribution < -0.4 is 0 Å². The lowest BCUT2D eigenvalue weighted by molar-refractivity contribution is -0.140. The Balaban J connectivity index is 1.68. The second-order valence-electron chi connectivity index (χ2n) is 6.17. The largest absolute Gasteiger partial charge is 0.434 e. The molecular weight excluding hydrogens is 301 g/mol. The Morgan fingerprint density at radius 1 is 1.00 bits per heavy atom. The molecule has 1 aliphatic carbocycles. The third kappa shape index (κ3) is 2.40. The Labute approximate surface area is 131 Å². The van der Waals surface area contributed by atoms with Gasteiger partial charge in [-0.25, -0.2) is 4.98 Å². The zero-order chi connectivity index (χ0) is 16.2. The molecule has 118 valence electrons. The summed E-state index contributed by atoms with van der Waals surface area (Å²) in [5, 5.41) is 0. The average Bonchev–Trinajstić information content (AvgIpc) is 3.00. The zero-order valence-corrected chi connectivity index (χ0v) is 12.5. The van der Waals surface area contributed by atoms with Crippen molar-refractivity contribution in [3.63, 3.8) is 0 Å². The van der Waals surface area contributed by atoms with E-state index in [0.29, 0.717) is 23.4 Å². The van der Waals surface area contributed by atoms with Crippen molar-refractivity contribution in [2.45, 2.75) is 24.9 Å². The lowest BCUT2D eigenvalue weighted by atomic mass is 10.1. The number of nitrogens with zero attached hydrogens (tertiary/aromatic N) is 2. The molecule has 0 bridgehead atoms. The molecule has 0 aliphatic heterocycles. The first-order valence-corrected chi connectivity index (χ1v) is 7.56. The number of benzene rings is 1. The molecule has 3 atom stereocenters. The van der Waals surface area contributed by atoms with E-state index in [-0.39, 0.29) is 0 Å². The molecule has 3 aromatic rings. The highest BCUT2D eigenvalue weighted by Crippen LogP contribution is 2.60. The van der Waals surface area contributed by atoms with Crippen LogP contribution in [0.3, 0.4) is 0 Å². The van der Waals surface area contributed by atoms with E-state index in [4.69, 9.17) is 0 Å². The maximum absolute atomic E-state index is 12.8. The summed E-state index contributed by atoms with van der Waals surface area (Å²) in [5.74, 6) is 1.25. The van der Waals surface area contributed by atoms with Crippen molar-refractivity contribution in [2.24, 2.45) is 5.92 Å². The lowest BCUT2D eigenvalue weighted by Gasteiger charge is -2.02. The zero-order valence-electron chi connectivity index (χ0n) is 12.5. The van der Waals surface area contributed by atoms with Crippen molar-refractivity contribution >= 4 is 5.65 Å². The molecule has 0 radical (unpaired) electrons. The number of imidazole rings is 1. The van der Waals surface area contributed by atoms with Crippen molar-refractivity contribution in [1.82, 2.24) is 9.38 Å². The van der Waals surface area contributed by atoms with Crippen LogP contribution in [-0.2, 0) is 6.18 Å². The predicted molar refractivity (Wildman–Crippen MR) is 81.3 cm³/mol. The maximum Gasteiger partial charge on any atom is 0.434 e. The molecular formula is C18H15F3N2. The van der Waals surface area contributed by atoms with Crippen molar-refractivity contribution in [2.75, 3.05) is 0 Å². The number of alkyl halides is 3. The summed E-state index contributed by atoms with van der Waals surface area (Å²) < 4.78 is 39.7. The van der Waals surface area contributed by atoms with Crippen LogP contribution in [0.15, 0.2) is 54.9 Å². The molecule has 2 nitrogen and oxygen atoms in total. The van der Waals surface area contributed by atoms with Gasteiger partial charge in [-0.2, -0.15) is 13.2 Å². The van der Waals surface area contributed by atoms with E-state index in [0.717, 1.165) is 11.8 Å². The first-order chi connectivity index (χ1) is 10.9. The number of hydrogen-bond donors (Lipinski definition) is 0. The summed E-state index contributed by atoms with van der Waals surface area (Å²) >= 11 is 0. The standard InChI is InChI=1S/C18H15F3N2/c1-11-16(12-5-3-2-4-6-12)17(11)13-7-8-23-10-14(18(19,20)21)22-15(23)9-13/h2-11,16-17H,1H3. The fraction of sp³-hybridized carbons (Fsp3) is 0.278. The SMILES string of the molecule is CC1C(c2ccccc2)C1c1ccn2cc(C(F)(F)F)nc2c1. The van der Waals surface area contributed by atoms with Crippen LogP contribution >= 0.6 is 0 Å². The molecule has 23 heavy (non-hydrogen) atoms. The topological polar surface area (TPSA) is 17.3 Å². The lowest BCUT2D eigenvalue weighted by Crippen LogP contribution is -2.04. The van der Waals surface area contributed by atoms with Gasteiger partial charge in [-0.3, -0.25) is 0 Å². The summed E-state index contributed by atoms with van der Waals surface area (Å²) in [6.07, 6.45) is -1.71. The Morgan fingerprint density at radius 3 is 2.39 bits per heavy atom. The smallest absolute Gasteiger partial charge is 0.306 e. The minimum Gasteiger partial charge on any atom is -0.306 e. The molecule has 1 saturated carbocycles. The third-order valence-corrected chi connectivity index (χ3v) is 4.72. The van der Waals surface area contributed by atoms with Gasteiger partial charge in [-0.05, 0) is 41.0 Å². The minimum atomic E-state index is -4.41. The minimum absolute atomic E-state index is 0.341. The first kappa shape index (κ1) is 14.3. The average molecular weight is 316 g/mol. The summed E-state index contributed by atoms with van der Waals surface area (Å²) in [7, 11) is 0. The Kier molecular flexibility index (Phi) is 3.01. The van der Waals surface area contributed by atoms with Gasteiger partial charge in [0.15, 0.2) is 5.69 Å². The second kappa shape index (κ2) is 4.85. The Morgan fingerprint density at radius 2 is 1.70 bits per heavy atom. The predicted octanol–water partition coefficient (Wildman–Crippen LogP) is 4.87. The van der Waals surface area contributed by atoms with Crippen LogP contribution in [0.5, 0.6) is 0 Å². The normalized spacial score (nSPS) is 24.1. The third-order valence-electron chi connectivity index (χ3n) is 4.72. The van der Waals surface area contributed by atoms with Crippen LogP contribution in [-0.4, -0.2) is 9.38 Å². The molecule has 3 unspecified atom stereocenters. The molecule has 0 N–H and O–H groups in total. The van der Waals surface area contributed by atoms with Crippen LogP contribution in [0.25, 0.3) is 5.65 Å². The molecule has 5 heteroatoms. The highest BCUT2D eigenvalue weighted by molar-refractivity contribution is 5.48. The maximum atomic E-state index is 12.8. The molecule has 1 aliphatic rings. The fourth-order valence-electron chi connectivity index (χ4n) is 3.50. The number of hydrogen-bond acceptors (Lipinski definition) is 1. The Hall–Kier alpha value is -2.30. The van der Waals surface area contributed by atoms with Crippen molar-refractivity contribution in [3.8, 4) is 0 Å². The molecule has 0 saturated heterocycles. The van der Waals surface area contributed by atoms with Gasteiger partial charge in [0.25, 0.3) is 0 Å². The molecule has 0 spiro atoms. The van der Waals surface area contributed by atoms with Crippen LogP contribution in [0.2, 0.25) is 0 Å². The van der Waals surface area contributed by atoms with Crippen LogP contribution in [0.1, 0.15) is 35.6 Å². The molecule has 2 aromatic heterocycles. The molecule has 1 fully saturated rings. The van der Waals surface area contributed by atoms with Gasteiger partial charge >= 0.3 is 6.18 Å².